The van der Waals surface area contributed by atoms with Crippen molar-refractivity contribution in [2.75, 3.05) is 26.4 Å². The highest BCUT2D eigenvalue weighted by Gasteiger charge is 2.47. The summed E-state index contributed by atoms with van der Waals surface area (Å²) >= 11 is 0. The van der Waals surface area contributed by atoms with Crippen LogP contribution >= 0.6 is 0 Å². The Bertz CT molecular complexity index is 1910. The molecular formula is C47H66O6Si4. The summed E-state index contributed by atoms with van der Waals surface area (Å²) in [6, 6.07) is 32.1. The molecule has 3 aliphatic rings. The molecule has 0 radical (unpaired) electrons. The number of hydrogen-bond donors (Lipinski definition) is 0. The zero-order valence-electron chi connectivity index (χ0n) is 36.6. The Hall–Kier alpha value is -2.81. The molecule has 4 unspecified atom stereocenters. The van der Waals surface area contributed by atoms with Crippen molar-refractivity contribution in [2.24, 2.45) is 0 Å². The molecule has 0 saturated carbocycles. The Morgan fingerprint density at radius 3 is 1.28 bits per heavy atom. The van der Waals surface area contributed by atoms with E-state index in [1.807, 2.05) is 0 Å². The standard InChI is InChI=1S/C47H66O6Si4/c1-33(56(9,10)52-54(3,4)5)25-35-27-37(21-23-45(35)50-31-39-29-48-39)47(43-19-15-13-17-41(43)42-18-14-16-20-44(42)47)38-22-24-46(51-32-40-30-49-40)36(28-38)26-34(2)57(11,12)53-55(6,7)8/h13-24,27-28,33-34,39-40H,25-26,29-32H2,1-12H3. The normalized spacial score (nSPS) is 19.7. The maximum atomic E-state index is 6.96. The molecule has 6 nitrogen and oxygen atoms in total. The van der Waals surface area contributed by atoms with Gasteiger partial charge in [0.2, 0.25) is 0 Å². The number of hydrogen-bond acceptors (Lipinski definition) is 6. The molecular weight excluding hydrogens is 773 g/mol. The molecule has 2 saturated heterocycles. The van der Waals surface area contributed by atoms with Crippen molar-refractivity contribution in [2.45, 2.75) is 121 Å². The van der Waals surface area contributed by atoms with Crippen molar-refractivity contribution in [3.05, 3.63) is 118 Å². The van der Waals surface area contributed by atoms with Crippen LogP contribution in [-0.4, -0.2) is 71.9 Å². The van der Waals surface area contributed by atoms with Gasteiger partial charge in [0.15, 0.2) is 33.3 Å². The summed E-state index contributed by atoms with van der Waals surface area (Å²) in [5, 5.41) is 0. The van der Waals surface area contributed by atoms with Crippen LogP contribution in [0.4, 0.5) is 0 Å². The Labute approximate surface area is 347 Å². The third kappa shape index (κ3) is 9.49. The van der Waals surface area contributed by atoms with Gasteiger partial charge in [0.05, 0.1) is 18.6 Å². The molecule has 0 amide bonds. The van der Waals surface area contributed by atoms with Gasteiger partial charge in [-0.1, -0.05) is 86.6 Å². The van der Waals surface area contributed by atoms with Gasteiger partial charge in [0.1, 0.15) is 36.9 Å². The lowest BCUT2D eigenvalue weighted by Crippen LogP contribution is -2.45. The fourth-order valence-electron chi connectivity index (χ4n) is 8.87. The van der Waals surface area contributed by atoms with Crippen molar-refractivity contribution in [3.63, 3.8) is 0 Å². The first kappa shape index (κ1) is 42.3. The average Bonchev–Trinajstić information content (AvgIpc) is 4.07. The topological polar surface area (TPSA) is 62.0 Å². The van der Waals surface area contributed by atoms with Crippen LogP contribution in [-0.2, 0) is 36.0 Å². The van der Waals surface area contributed by atoms with Crippen molar-refractivity contribution < 1.29 is 27.2 Å². The number of benzene rings is 4. The van der Waals surface area contributed by atoms with Gasteiger partial charge in [0.25, 0.3) is 0 Å². The molecule has 2 aliphatic heterocycles. The van der Waals surface area contributed by atoms with Crippen molar-refractivity contribution >= 4 is 33.3 Å². The minimum atomic E-state index is -2.04. The fourth-order valence-corrected chi connectivity index (χ4v) is 24.5. The van der Waals surface area contributed by atoms with Crippen LogP contribution in [0.15, 0.2) is 84.9 Å². The number of rotatable bonds is 18. The van der Waals surface area contributed by atoms with E-state index in [9.17, 15) is 0 Å². The third-order valence-electron chi connectivity index (χ3n) is 12.2. The zero-order valence-corrected chi connectivity index (χ0v) is 40.6. The average molecular weight is 839 g/mol. The molecule has 10 heteroatoms. The highest BCUT2D eigenvalue weighted by atomic mass is 28.4. The summed E-state index contributed by atoms with van der Waals surface area (Å²) in [5.41, 5.74) is 10.3. The summed E-state index contributed by atoms with van der Waals surface area (Å²) < 4.78 is 38.3. The lowest BCUT2D eigenvalue weighted by Gasteiger charge is -2.38. The Morgan fingerprint density at radius 2 is 0.930 bits per heavy atom. The third-order valence-corrected chi connectivity index (χ3v) is 26.4. The fraction of sp³-hybridized carbons (Fsp3) is 0.489. The van der Waals surface area contributed by atoms with E-state index in [2.05, 4.69) is 164 Å². The molecule has 0 aromatic heterocycles. The minimum Gasteiger partial charge on any atom is -0.491 e. The summed E-state index contributed by atoms with van der Waals surface area (Å²) in [5.74, 6) is 1.90. The van der Waals surface area contributed by atoms with Crippen molar-refractivity contribution in [1.82, 2.24) is 0 Å². The van der Waals surface area contributed by atoms with E-state index in [1.54, 1.807) is 0 Å². The molecule has 0 N–H and O–H groups in total. The second-order valence-corrected chi connectivity index (χ2v) is 38.3. The van der Waals surface area contributed by atoms with Crippen LogP contribution in [0.1, 0.15) is 47.2 Å². The van der Waals surface area contributed by atoms with Crippen LogP contribution in [0.3, 0.4) is 0 Å². The highest BCUT2D eigenvalue weighted by molar-refractivity contribution is 6.85. The first-order chi connectivity index (χ1) is 26.8. The lowest BCUT2D eigenvalue weighted by molar-refractivity contribution is 0.260. The lowest BCUT2D eigenvalue weighted by atomic mass is 9.67. The maximum absolute atomic E-state index is 6.96. The van der Waals surface area contributed by atoms with E-state index in [4.69, 9.17) is 27.2 Å². The Kier molecular flexibility index (Phi) is 11.9. The largest absolute Gasteiger partial charge is 0.491 e. The molecule has 57 heavy (non-hydrogen) atoms. The second-order valence-electron chi connectivity index (χ2n) is 19.9. The summed E-state index contributed by atoms with van der Waals surface area (Å²) in [6.07, 6.45) is 2.11. The molecule has 1 aliphatic carbocycles. The molecule has 2 fully saturated rings. The molecule has 7 rings (SSSR count). The van der Waals surface area contributed by atoms with Gasteiger partial charge in [0, 0.05) is 0 Å². The predicted octanol–water partition coefficient (Wildman–Crippen LogP) is 11.6. The quantitative estimate of drug-likeness (QED) is 0.0647. The molecule has 306 valence electrons. The van der Waals surface area contributed by atoms with Gasteiger partial charge >= 0.3 is 0 Å². The number of epoxide rings is 2. The van der Waals surface area contributed by atoms with Crippen molar-refractivity contribution in [1.29, 1.82) is 0 Å². The first-order valence-corrected chi connectivity index (χ1v) is 33.9. The Morgan fingerprint density at radius 1 is 0.561 bits per heavy atom. The van der Waals surface area contributed by atoms with Crippen LogP contribution in [0.5, 0.6) is 11.5 Å². The van der Waals surface area contributed by atoms with Crippen LogP contribution < -0.4 is 9.47 Å². The van der Waals surface area contributed by atoms with E-state index in [-0.39, 0.29) is 12.2 Å². The van der Waals surface area contributed by atoms with Gasteiger partial charge in [-0.25, -0.2) is 0 Å². The highest BCUT2D eigenvalue weighted by Crippen LogP contribution is 2.57. The maximum Gasteiger partial charge on any atom is 0.176 e. The van der Waals surface area contributed by atoms with Crippen LogP contribution in [0.2, 0.25) is 76.6 Å². The smallest absolute Gasteiger partial charge is 0.176 e. The molecule has 4 atom stereocenters. The minimum absolute atomic E-state index is 0.174. The van der Waals surface area contributed by atoms with Gasteiger partial charge in [-0.2, -0.15) is 0 Å². The molecule has 4 aromatic carbocycles. The summed E-state index contributed by atoms with van der Waals surface area (Å²) in [7, 11) is -7.56. The van der Waals surface area contributed by atoms with Gasteiger partial charge in [-0.3, -0.25) is 0 Å². The second kappa shape index (κ2) is 16.0. The predicted molar refractivity (Wildman–Crippen MR) is 244 cm³/mol. The first-order valence-electron chi connectivity index (χ1n) is 21.1. The zero-order chi connectivity index (χ0) is 41.0. The summed E-state index contributed by atoms with van der Waals surface area (Å²) in [4.78, 5) is 0. The molecule has 0 spiro atoms. The van der Waals surface area contributed by atoms with E-state index >= 15 is 0 Å². The number of fused-ring (bicyclic) bond motifs is 3. The monoisotopic (exact) mass is 838 g/mol. The van der Waals surface area contributed by atoms with Crippen LogP contribution in [0, 0.1) is 0 Å². The number of ether oxygens (including phenoxy) is 4. The van der Waals surface area contributed by atoms with Gasteiger partial charge in [-0.05, 0) is 146 Å². The van der Waals surface area contributed by atoms with E-state index in [0.29, 0.717) is 24.3 Å². The van der Waals surface area contributed by atoms with Crippen LogP contribution in [0.25, 0.3) is 11.1 Å². The molecule has 2 heterocycles. The molecule has 4 aromatic rings. The Balaban J connectivity index is 1.40. The van der Waals surface area contributed by atoms with Gasteiger partial charge < -0.3 is 27.2 Å². The van der Waals surface area contributed by atoms with E-state index < -0.39 is 38.7 Å². The SMILES string of the molecule is CC(Cc1cc(C2(c3ccc(OCC4CO4)c(CC(C)[Si](C)(C)O[Si](C)(C)C)c3)c3ccccc3-c3ccccc32)ccc1OCC1CO1)[Si](C)(C)O[Si](C)(C)C. The van der Waals surface area contributed by atoms with Gasteiger partial charge in [-0.15, -0.1) is 0 Å². The van der Waals surface area contributed by atoms with Crippen molar-refractivity contribution in [3.8, 4) is 22.6 Å². The van der Waals surface area contributed by atoms with E-state index in [1.165, 1.54) is 44.5 Å². The molecule has 0 bridgehead atoms. The van der Waals surface area contributed by atoms with E-state index in [0.717, 1.165) is 37.6 Å². The summed E-state index contributed by atoms with van der Waals surface area (Å²) in [6.45, 7) is 30.9.